The number of rotatable bonds is 14. The van der Waals surface area contributed by atoms with E-state index >= 15 is 0 Å². The van der Waals surface area contributed by atoms with E-state index in [2.05, 4.69) is 19.1 Å². The minimum atomic E-state index is 0.132. The van der Waals surface area contributed by atoms with Crippen molar-refractivity contribution >= 4 is 0 Å². The third-order valence-corrected chi connectivity index (χ3v) is 5.16. The Morgan fingerprint density at radius 2 is 1.31 bits per heavy atom. The van der Waals surface area contributed by atoms with Gasteiger partial charge in [0.15, 0.2) is 0 Å². The molecule has 0 unspecified atom stereocenters. The van der Waals surface area contributed by atoms with E-state index in [1.807, 2.05) is 12.1 Å². The fourth-order valence-corrected chi connectivity index (χ4v) is 3.48. The molecule has 0 fully saturated rings. The molecule has 2 rings (SSSR count). The highest BCUT2D eigenvalue weighted by Crippen LogP contribution is 2.35. The first-order valence-electron chi connectivity index (χ1n) is 10.8. The number of unbranched alkanes of at least 4 members (excludes halogenated alkanes) is 7. The third kappa shape index (κ3) is 7.88. The molecule has 0 bridgehead atoms. The highest BCUT2D eigenvalue weighted by Gasteiger charge is 2.13. The lowest BCUT2D eigenvalue weighted by Gasteiger charge is -2.14. The second-order valence-electron chi connectivity index (χ2n) is 7.47. The Kier molecular flexibility index (Phi) is 10.3. The smallest absolute Gasteiger partial charge is 0.129 e. The maximum atomic E-state index is 9.79. The maximum Gasteiger partial charge on any atom is 0.129 e. The molecule has 29 heavy (non-hydrogen) atoms. The molecule has 4 nitrogen and oxygen atoms in total. The van der Waals surface area contributed by atoms with E-state index in [-0.39, 0.29) is 5.75 Å². The zero-order chi connectivity index (χ0) is 20.9. The number of ether oxygens (including phenoxy) is 3. The van der Waals surface area contributed by atoms with Gasteiger partial charge in [0.05, 0.1) is 20.8 Å². The quantitative estimate of drug-likeness (QED) is 0.367. The number of phenolic OH excluding ortho intramolecular Hbond substituents is 1. The van der Waals surface area contributed by atoms with Crippen LogP contribution in [0.15, 0.2) is 36.4 Å². The lowest BCUT2D eigenvalue weighted by Crippen LogP contribution is -1.99. The second-order valence-corrected chi connectivity index (χ2v) is 7.47. The number of methoxy groups -OCH3 is 2. The van der Waals surface area contributed by atoms with Crippen LogP contribution in [0.4, 0.5) is 0 Å². The van der Waals surface area contributed by atoms with Crippen molar-refractivity contribution in [3.05, 3.63) is 47.5 Å². The van der Waals surface area contributed by atoms with Crippen LogP contribution in [-0.4, -0.2) is 25.9 Å². The van der Waals surface area contributed by atoms with Gasteiger partial charge in [-0.3, -0.25) is 0 Å². The molecule has 2 aromatic carbocycles. The van der Waals surface area contributed by atoms with Gasteiger partial charge in [0, 0.05) is 24.1 Å². The summed E-state index contributed by atoms with van der Waals surface area (Å²) in [6, 6.07) is 11.4. The lowest BCUT2D eigenvalue weighted by atomic mass is 10.0. The van der Waals surface area contributed by atoms with Crippen molar-refractivity contribution in [1.82, 2.24) is 0 Å². The Morgan fingerprint density at radius 1 is 0.759 bits per heavy atom. The van der Waals surface area contributed by atoms with Crippen LogP contribution in [0.2, 0.25) is 0 Å². The van der Waals surface area contributed by atoms with E-state index in [1.165, 1.54) is 44.9 Å². The molecule has 160 valence electrons. The number of aromatic hydroxyl groups is 1. The second kappa shape index (κ2) is 13.0. The molecule has 0 aromatic heterocycles. The predicted octanol–water partition coefficient (Wildman–Crippen LogP) is 6.52. The number of hydrogen-bond acceptors (Lipinski definition) is 4. The largest absolute Gasteiger partial charge is 0.508 e. The van der Waals surface area contributed by atoms with Crippen LogP contribution >= 0.6 is 0 Å². The number of benzene rings is 2. The van der Waals surface area contributed by atoms with E-state index in [0.717, 1.165) is 29.9 Å². The Balaban J connectivity index is 1.78. The summed E-state index contributed by atoms with van der Waals surface area (Å²) in [6.45, 7) is 3.03. The van der Waals surface area contributed by atoms with Gasteiger partial charge in [-0.15, -0.1) is 0 Å². The van der Waals surface area contributed by atoms with Crippen molar-refractivity contribution < 1.29 is 19.3 Å². The first-order valence-corrected chi connectivity index (χ1v) is 10.8. The van der Waals surface area contributed by atoms with Gasteiger partial charge in [0.25, 0.3) is 0 Å². The van der Waals surface area contributed by atoms with Gasteiger partial charge in [-0.1, -0.05) is 64.0 Å². The summed E-state index contributed by atoms with van der Waals surface area (Å²) in [5.74, 6) is 2.28. The van der Waals surface area contributed by atoms with E-state index in [4.69, 9.17) is 14.2 Å². The van der Waals surface area contributed by atoms with Gasteiger partial charge in [-0.2, -0.15) is 0 Å². The summed E-state index contributed by atoms with van der Waals surface area (Å²) in [5, 5.41) is 9.79. The molecule has 0 radical (unpaired) electrons. The molecule has 0 aliphatic rings. The van der Waals surface area contributed by atoms with Crippen LogP contribution < -0.4 is 14.2 Å². The SMILES string of the molecule is CCCCCCCCCCOc1ccc(Cc2c(OC)cc(O)cc2OC)cc1. The van der Waals surface area contributed by atoms with E-state index in [0.29, 0.717) is 17.9 Å². The molecule has 1 N–H and O–H groups in total. The van der Waals surface area contributed by atoms with Crippen LogP contribution in [0.5, 0.6) is 23.0 Å². The van der Waals surface area contributed by atoms with Crippen molar-refractivity contribution in [2.75, 3.05) is 20.8 Å². The third-order valence-electron chi connectivity index (χ3n) is 5.16. The Bertz CT molecular complexity index is 684. The first-order chi connectivity index (χ1) is 14.2. The van der Waals surface area contributed by atoms with Gasteiger partial charge in [-0.05, 0) is 24.1 Å². The van der Waals surface area contributed by atoms with Gasteiger partial charge in [-0.25, -0.2) is 0 Å². The topological polar surface area (TPSA) is 47.9 Å². The van der Waals surface area contributed by atoms with Gasteiger partial charge in [0.1, 0.15) is 23.0 Å². The molecule has 0 amide bonds. The van der Waals surface area contributed by atoms with Gasteiger partial charge < -0.3 is 19.3 Å². The molecule has 0 atom stereocenters. The highest BCUT2D eigenvalue weighted by atomic mass is 16.5. The van der Waals surface area contributed by atoms with E-state index in [1.54, 1.807) is 26.4 Å². The average Bonchev–Trinajstić information content (AvgIpc) is 2.74. The normalized spacial score (nSPS) is 10.7. The lowest BCUT2D eigenvalue weighted by molar-refractivity contribution is 0.304. The molecule has 0 saturated heterocycles. The molecule has 4 heteroatoms. The van der Waals surface area contributed by atoms with Crippen LogP contribution in [0.1, 0.15) is 69.4 Å². The minimum Gasteiger partial charge on any atom is -0.508 e. The zero-order valence-corrected chi connectivity index (χ0v) is 18.2. The summed E-state index contributed by atoms with van der Waals surface area (Å²) < 4.78 is 16.7. The van der Waals surface area contributed by atoms with E-state index < -0.39 is 0 Å². The zero-order valence-electron chi connectivity index (χ0n) is 18.2. The summed E-state index contributed by atoms with van der Waals surface area (Å²) >= 11 is 0. The summed E-state index contributed by atoms with van der Waals surface area (Å²) in [4.78, 5) is 0. The Morgan fingerprint density at radius 3 is 1.86 bits per heavy atom. The van der Waals surface area contributed by atoms with Crippen LogP contribution in [0, 0.1) is 0 Å². The van der Waals surface area contributed by atoms with Crippen molar-refractivity contribution in [2.24, 2.45) is 0 Å². The van der Waals surface area contributed by atoms with Crippen molar-refractivity contribution in [3.8, 4) is 23.0 Å². The molecule has 0 saturated carbocycles. The first kappa shape index (κ1) is 22.9. The molecular formula is C25H36O4. The van der Waals surface area contributed by atoms with Crippen molar-refractivity contribution in [3.63, 3.8) is 0 Å². The molecular weight excluding hydrogens is 364 g/mol. The maximum absolute atomic E-state index is 9.79. The molecule has 0 heterocycles. The van der Waals surface area contributed by atoms with Crippen molar-refractivity contribution in [1.29, 1.82) is 0 Å². The van der Waals surface area contributed by atoms with E-state index in [9.17, 15) is 5.11 Å². The number of hydrogen-bond donors (Lipinski definition) is 1. The average molecular weight is 401 g/mol. The van der Waals surface area contributed by atoms with Crippen molar-refractivity contribution in [2.45, 2.75) is 64.7 Å². The van der Waals surface area contributed by atoms with Crippen LogP contribution in [0.3, 0.4) is 0 Å². The minimum absolute atomic E-state index is 0.132. The molecule has 0 aliphatic carbocycles. The monoisotopic (exact) mass is 400 g/mol. The van der Waals surface area contributed by atoms with Crippen LogP contribution in [-0.2, 0) is 6.42 Å². The fourth-order valence-electron chi connectivity index (χ4n) is 3.48. The van der Waals surface area contributed by atoms with Gasteiger partial charge in [0.2, 0.25) is 0 Å². The highest BCUT2D eigenvalue weighted by molar-refractivity contribution is 5.52. The number of phenols is 1. The molecule has 2 aromatic rings. The summed E-state index contributed by atoms with van der Waals surface area (Å²) in [6.07, 6.45) is 11.1. The standard InChI is InChI=1S/C25H36O4/c1-4-5-6-7-8-9-10-11-16-29-22-14-12-20(13-15-22)17-23-24(27-2)18-21(26)19-25(23)28-3/h12-15,18-19,26H,4-11,16-17H2,1-3H3. The summed E-state index contributed by atoms with van der Waals surface area (Å²) in [5.41, 5.74) is 2.05. The summed E-state index contributed by atoms with van der Waals surface area (Å²) in [7, 11) is 3.19. The molecule has 0 aliphatic heterocycles. The van der Waals surface area contributed by atoms with Gasteiger partial charge >= 0.3 is 0 Å². The predicted molar refractivity (Wildman–Crippen MR) is 119 cm³/mol. The molecule has 0 spiro atoms. The van der Waals surface area contributed by atoms with Crippen LogP contribution in [0.25, 0.3) is 0 Å². The Hall–Kier alpha value is -2.36. The Labute approximate surface area is 175 Å². The fraction of sp³-hybridized carbons (Fsp3) is 0.520.